The van der Waals surface area contributed by atoms with Crippen LogP contribution in [-0.2, 0) is 0 Å². The molecule has 2 rings (SSSR count). The Kier molecular flexibility index (Phi) is 3.05. The van der Waals surface area contributed by atoms with Gasteiger partial charge in [-0.1, -0.05) is 6.07 Å². The Morgan fingerprint density at radius 3 is 2.88 bits per heavy atom. The lowest BCUT2D eigenvalue weighted by Gasteiger charge is -2.05. The Morgan fingerprint density at radius 2 is 2.25 bits per heavy atom. The maximum atomic E-state index is 11.9. The summed E-state index contributed by atoms with van der Waals surface area (Å²) in [6.07, 6.45) is 1.58. The summed E-state index contributed by atoms with van der Waals surface area (Å²) in [5, 5.41) is 9.14. The second-order valence-electron chi connectivity index (χ2n) is 3.41. The van der Waals surface area contributed by atoms with Crippen LogP contribution in [0.5, 0.6) is 0 Å². The molecule has 82 valence electrons. The number of hydrogen-bond acceptors (Lipinski definition) is 2. The lowest BCUT2D eigenvalue weighted by Crippen LogP contribution is -2.12. The normalized spacial score (nSPS) is 10.1. The zero-order valence-corrected chi connectivity index (χ0v) is 10.2. The van der Waals surface area contributed by atoms with E-state index in [9.17, 15) is 4.79 Å². The largest absolute Gasteiger partial charge is 0.307 e. The molecule has 0 aliphatic carbocycles. The minimum absolute atomic E-state index is 0.170. The van der Waals surface area contributed by atoms with E-state index in [1.165, 1.54) is 0 Å². The van der Waals surface area contributed by atoms with E-state index in [2.05, 4.69) is 31.4 Å². The molecular formula is C11H10BrN3O. The van der Waals surface area contributed by atoms with Gasteiger partial charge in [-0.25, -0.2) is 0 Å². The Bertz CT molecular complexity index is 508. The van der Waals surface area contributed by atoms with Crippen LogP contribution in [0, 0.1) is 6.92 Å². The summed E-state index contributed by atoms with van der Waals surface area (Å²) in [5.41, 5.74) is 1.70. The van der Waals surface area contributed by atoms with Gasteiger partial charge in [-0.05, 0) is 40.5 Å². The molecule has 4 nitrogen and oxygen atoms in total. The molecule has 2 N–H and O–H groups in total. The summed E-state index contributed by atoms with van der Waals surface area (Å²) in [7, 11) is 0. The number of aromatic amines is 1. The molecule has 0 unspecified atom stereocenters. The number of carbonyl (C=O) groups is 1. The van der Waals surface area contributed by atoms with E-state index in [0.29, 0.717) is 11.4 Å². The van der Waals surface area contributed by atoms with Gasteiger partial charge < -0.3 is 5.32 Å². The Balaban J connectivity index is 2.21. The van der Waals surface area contributed by atoms with Crippen molar-refractivity contribution < 1.29 is 4.79 Å². The average Bonchev–Trinajstić information content (AvgIpc) is 2.70. The fourth-order valence-electron chi connectivity index (χ4n) is 1.32. The molecule has 0 aliphatic rings. The predicted octanol–water partition coefficient (Wildman–Crippen LogP) is 2.73. The topological polar surface area (TPSA) is 57.8 Å². The molecular weight excluding hydrogens is 270 g/mol. The van der Waals surface area contributed by atoms with Gasteiger partial charge in [0.25, 0.3) is 5.91 Å². The first-order valence-corrected chi connectivity index (χ1v) is 5.53. The summed E-state index contributed by atoms with van der Waals surface area (Å²) < 4.78 is 0.782. The molecule has 0 radical (unpaired) electrons. The third kappa shape index (κ3) is 2.30. The van der Waals surface area contributed by atoms with Crippen LogP contribution in [-0.4, -0.2) is 16.1 Å². The predicted molar refractivity (Wildman–Crippen MR) is 65.4 cm³/mol. The molecule has 0 atom stereocenters. The van der Waals surface area contributed by atoms with Gasteiger partial charge in [0.05, 0.1) is 11.8 Å². The summed E-state index contributed by atoms with van der Waals surface area (Å²) in [6, 6.07) is 7.28. The van der Waals surface area contributed by atoms with Crippen LogP contribution in [0.1, 0.15) is 15.9 Å². The molecule has 0 saturated carbocycles. The van der Waals surface area contributed by atoms with Crippen molar-refractivity contribution in [3.8, 4) is 0 Å². The fraction of sp³-hybridized carbons (Fsp3) is 0.0909. The number of hydrogen-bond donors (Lipinski definition) is 2. The standard InChI is InChI=1S/C11H10BrN3O/c1-7-2-3-8(9(12)6-7)11(16)14-10-4-5-13-15-10/h2-6H,1H3,(H2,13,14,15,16). The van der Waals surface area contributed by atoms with E-state index in [1.54, 1.807) is 18.3 Å². The van der Waals surface area contributed by atoms with Gasteiger partial charge >= 0.3 is 0 Å². The number of aromatic nitrogens is 2. The minimum atomic E-state index is -0.170. The van der Waals surface area contributed by atoms with E-state index < -0.39 is 0 Å². The van der Waals surface area contributed by atoms with E-state index >= 15 is 0 Å². The summed E-state index contributed by atoms with van der Waals surface area (Å²) in [6.45, 7) is 1.97. The van der Waals surface area contributed by atoms with Gasteiger partial charge in [-0.3, -0.25) is 9.89 Å². The first-order chi connectivity index (χ1) is 7.66. The van der Waals surface area contributed by atoms with Crippen molar-refractivity contribution in [2.45, 2.75) is 6.92 Å². The number of halogens is 1. The number of H-pyrrole nitrogens is 1. The number of nitrogens with zero attached hydrogens (tertiary/aromatic N) is 1. The first-order valence-electron chi connectivity index (χ1n) is 4.73. The van der Waals surface area contributed by atoms with Crippen molar-refractivity contribution in [2.24, 2.45) is 0 Å². The monoisotopic (exact) mass is 279 g/mol. The van der Waals surface area contributed by atoms with E-state index in [-0.39, 0.29) is 5.91 Å². The van der Waals surface area contributed by atoms with Crippen molar-refractivity contribution in [1.82, 2.24) is 10.2 Å². The number of amides is 1. The smallest absolute Gasteiger partial charge is 0.257 e. The number of nitrogens with one attached hydrogen (secondary N) is 2. The van der Waals surface area contributed by atoms with Crippen LogP contribution in [0.3, 0.4) is 0 Å². The molecule has 0 spiro atoms. The number of rotatable bonds is 2. The van der Waals surface area contributed by atoms with Crippen molar-refractivity contribution in [3.05, 3.63) is 46.1 Å². The molecule has 2 aromatic rings. The average molecular weight is 280 g/mol. The number of carbonyl (C=O) groups excluding carboxylic acids is 1. The van der Waals surface area contributed by atoms with Crippen LogP contribution in [0.2, 0.25) is 0 Å². The zero-order chi connectivity index (χ0) is 11.5. The summed E-state index contributed by atoms with van der Waals surface area (Å²) in [5.74, 6) is 0.411. The third-order valence-corrected chi connectivity index (χ3v) is 2.77. The third-order valence-electron chi connectivity index (χ3n) is 2.12. The van der Waals surface area contributed by atoms with Crippen molar-refractivity contribution >= 4 is 27.7 Å². The first kappa shape index (κ1) is 10.9. The lowest BCUT2D eigenvalue weighted by atomic mass is 10.1. The maximum Gasteiger partial charge on any atom is 0.257 e. The van der Waals surface area contributed by atoms with Crippen LogP contribution in [0.15, 0.2) is 34.9 Å². The maximum absolute atomic E-state index is 11.9. The van der Waals surface area contributed by atoms with Crippen LogP contribution in [0.4, 0.5) is 5.82 Å². The van der Waals surface area contributed by atoms with Gasteiger partial charge in [0.2, 0.25) is 0 Å². The van der Waals surface area contributed by atoms with Crippen molar-refractivity contribution in [1.29, 1.82) is 0 Å². The SMILES string of the molecule is Cc1ccc(C(=O)Nc2ccn[nH]2)c(Br)c1. The van der Waals surface area contributed by atoms with Gasteiger partial charge in [-0.2, -0.15) is 5.10 Å². The minimum Gasteiger partial charge on any atom is -0.307 e. The van der Waals surface area contributed by atoms with Gasteiger partial charge in [0.15, 0.2) is 0 Å². The van der Waals surface area contributed by atoms with Crippen molar-refractivity contribution in [2.75, 3.05) is 5.32 Å². The molecule has 0 aliphatic heterocycles. The molecule has 0 fully saturated rings. The zero-order valence-electron chi connectivity index (χ0n) is 8.62. The molecule has 0 saturated heterocycles. The Labute approximate surface area is 101 Å². The molecule has 1 aromatic carbocycles. The second kappa shape index (κ2) is 4.49. The highest BCUT2D eigenvalue weighted by atomic mass is 79.9. The summed E-state index contributed by atoms with van der Waals surface area (Å²) >= 11 is 3.37. The second-order valence-corrected chi connectivity index (χ2v) is 4.26. The number of anilines is 1. The Morgan fingerprint density at radius 1 is 1.44 bits per heavy atom. The molecule has 1 heterocycles. The lowest BCUT2D eigenvalue weighted by molar-refractivity contribution is 0.102. The van der Waals surface area contributed by atoms with Gasteiger partial charge in [0.1, 0.15) is 5.82 Å². The van der Waals surface area contributed by atoms with E-state index in [1.807, 2.05) is 19.1 Å². The van der Waals surface area contributed by atoms with Crippen LogP contribution >= 0.6 is 15.9 Å². The fourth-order valence-corrected chi connectivity index (χ4v) is 1.99. The van der Waals surface area contributed by atoms with Gasteiger partial charge in [-0.15, -0.1) is 0 Å². The highest BCUT2D eigenvalue weighted by Crippen LogP contribution is 2.19. The van der Waals surface area contributed by atoms with Crippen LogP contribution < -0.4 is 5.32 Å². The van der Waals surface area contributed by atoms with Crippen molar-refractivity contribution in [3.63, 3.8) is 0 Å². The highest BCUT2D eigenvalue weighted by molar-refractivity contribution is 9.10. The molecule has 5 heteroatoms. The highest BCUT2D eigenvalue weighted by Gasteiger charge is 2.10. The Hall–Kier alpha value is -1.62. The van der Waals surface area contributed by atoms with Crippen LogP contribution in [0.25, 0.3) is 0 Å². The number of aryl methyl sites for hydroxylation is 1. The molecule has 16 heavy (non-hydrogen) atoms. The molecule has 0 bridgehead atoms. The van der Waals surface area contributed by atoms with E-state index in [0.717, 1.165) is 10.0 Å². The number of benzene rings is 1. The molecule has 1 amide bonds. The van der Waals surface area contributed by atoms with Gasteiger partial charge in [0, 0.05) is 10.5 Å². The van der Waals surface area contributed by atoms with E-state index in [4.69, 9.17) is 0 Å². The summed E-state index contributed by atoms with van der Waals surface area (Å²) in [4.78, 5) is 11.9. The molecule has 1 aromatic heterocycles. The quantitative estimate of drug-likeness (QED) is 0.888.